The highest BCUT2D eigenvalue weighted by molar-refractivity contribution is 14.1. The fourth-order valence-electron chi connectivity index (χ4n) is 1.21. The van der Waals surface area contributed by atoms with Gasteiger partial charge in [0.15, 0.2) is 11.6 Å². The van der Waals surface area contributed by atoms with Crippen molar-refractivity contribution < 1.29 is 4.42 Å². The maximum Gasteiger partial charge on any atom is 0.197 e. The minimum absolute atomic E-state index is 0.480. The number of furan rings is 1. The molecule has 2 rings (SSSR count). The number of halogens is 2. The van der Waals surface area contributed by atoms with Crippen LogP contribution in [0.25, 0.3) is 11.6 Å². The molecular weight excluding hydrogens is 326 g/mol. The predicted octanol–water partition coefficient (Wildman–Crippen LogP) is 3.56. The Bertz CT molecular complexity index is 471. The first-order chi connectivity index (χ1) is 7.22. The first kappa shape index (κ1) is 10.9. The van der Waals surface area contributed by atoms with E-state index in [1.54, 1.807) is 12.3 Å². The average molecular weight is 335 g/mol. The van der Waals surface area contributed by atoms with Gasteiger partial charge in [0.1, 0.15) is 5.15 Å². The van der Waals surface area contributed by atoms with E-state index in [-0.39, 0.29) is 0 Å². The molecule has 0 N–H and O–H groups in total. The summed E-state index contributed by atoms with van der Waals surface area (Å²) >= 11 is 8.17. The molecule has 0 aromatic carbocycles. The van der Waals surface area contributed by atoms with Crippen molar-refractivity contribution in [3.63, 3.8) is 0 Å². The van der Waals surface area contributed by atoms with Crippen LogP contribution in [0, 0.1) is 3.57 Å². The Morgan fingerprint density at radius 2 is 2.27 bits per heavy atom. The van der Waals surface area contributed by atoms with E-state index >= 15 is 0 Å². The lowest BCUT2D eigenvalue weighted by Gasteiger charge is -2.04. The zero-order valence-corrected chi connectivity index (χ0v) is 10.9. The van der Waals surface area contributed by atoms with Crippen LogP contribution >= 0.6 is 34.2 Å². The highest BCUT2D eigenvalue weighted by atomic mass is 127. The van der Waals surface area contributed by atoms with E-state index in [2.05, 4.69) is 32.6 Å². The molecular formula is C10H8ClIN2O. The fraction of sp³-hybridized carbons (Fsp3) is 0.200. The van der Waals surface area contributed by atoms with Crippen molar-refractivity contribution in [1.29, 1.82) is 0 Å². The highest BCUT2D eigenvalue weighted by Gasteiger charge is 2.11. The van der Waals surface area contributed by atoms with Gasteiger partial charge in [-0.15, -0.1) is 0 Å². The van der Waals surface area contributed by atoms with Gasteiger partial charge in [-0.2, -0.15) is 0 Å². The lowest BCUT2D eigenvalue weighted by molar-refractivity contribution is 0.576. The van der Waals surface area contributed by atoms with Crippen molar-refractivity contribution in [2.24, 2.45) is 0 Å². The number of rotatable bonds is 2. The molecule has 0 atom stereocenters. The standard InChI is InChI=1S/C10H8ClIN2O/c1-2-6-8(12)9(11)14-10(13-6)7-4-3-5-15-7/h3-5H,2H2,1H3. The van der Waals surface area contributed by atoms with E-state index in [1.807, 2.05) is 13.0 Å². The third-order valence-corrected chi connectivity index (χ3v) is 3.68. The molecule has 2 aromatic rings. The number of hydrogen-bond donors (Lipinski definition) is 0. The van der Waals surface area contributed by atoms with Gasteiger partial charge in [-0.25, -0.2) is 9.97 Å². The zero-order valence-electron chi connectivity index (χ0n) is 8.00. The van der Waals surface area contributed by atoms with Crippen molar-refractivity contribution in [3.05, 3.63) is 32.8 Å². The molecule has 5 heteroatoms. The van der Waals surface area contributed by atoms with Gasteiger partial charge in [-0.3, -0.25) is 0 Å². The summed E-state index contributed by atoms with van der Waals surface area (Å²) in [6, 6.07) is 3.62. The van der Waals surface area contributed by atoms with E-state index in [4.69, 9.17) is 16.0 Å². The van der Waals surface area contributed by atoms with Crippen LogP contribution in [0.15, 0.2) is 22.8 Å². The third kappa shape index (κ3) is 2.15. The Morgan fingerprint density at radius 1 is 1.47 bits per heavy atom. The zero-order chi connectivity index (χ0) is 10.8. The second-order valence-electron chi connectivity index (χ2n) is 2.93. The van der Waals surface area contributed by atoms with Crippen LogP contribution in [0.3, 0.4) is 0 Å². The lowest BCUT2D eigenvalue weighted by Crippen LogP contribution is -1.98. The quantitative estimate of drug-likeness (QED) is 0.623. The van der Waals surface area contributed by atoms with Crippen LogP contribution in [0.1, 0.15) is 12.6 Å². The lowest BCUT2D eigenvalue weighted by atomic mass is 10.3. The summed E-state index contributed by atoms with van der Waals surface area (Å²) in [5.74, 6) is 1.19. The topological polar surface area (TPSA) is 38.9 Å². The molecule has 15 heavy (non-hydrogen) atoms. The first-order valence-corrected chi connectivity index (χ1v) is 5.93. The molecule has 0 aliphatic rings. The van der Waals surface area contributed by atoms with E-state index in [0.29, 0.717) is 16.7 Å². The molecule has 0 fully saturated rings. The van der Waals surface area contributed by atoms with E-state index in [0.717, 1.165) is 15.7 Å². The summed E-state index contributed by atoms with van der Waals surface area (Å²) in [6.45, 7) is 2.03. The summed E-state index contributed by atoms with van der Waals surface area (Å²) in [7, 11) is 0. The van der Waals surface area contributed by atoms with E-state index in [9.17, 15) is 0 Å². The molecule has 2 aromatic heterocycles. The van der Waals surface area contributed by atoms with E-state index in [1.165, 1.54) is 0 Å². The minimum Gasteiger partial charge on any atom is -0.461 e. The number of nitrogens with zero attached hydrogens (tertiary/aromatic N) is 2. The molecule has 0 spiro atoms. The van der Waals surface area contributed by atoms with Gasteiger partial charge in [0.05, 0.1) is 15.5 Å². The summed E-state index contributed by atoms with van der Waals surface area (Å²) in [4.78, 5) is 8.57. The maximum absolute atomic E-state index is 6.01. The van der Waals surface area contributed by atoms with Crippen molar-refractivity contribution in [1.82, 2.24) is 9.97 Å². The summed E-state index contributed by atoms with van der Waals surface area (Å²) in [5, 5.41) is 0.480. The molecule has 0 radical (unpaired) electrons. The van der Waals surface area contributed by atoms with Gasteiger partial charge in [0, 0.05) is 0 Å². The fourth-order valence-corrected chi connectivity index (χ4v) is 2.03. The van der Waals surface area contributed by atoms with Gasteiger partial charge in [-0.05, 0) is 41.1 Å². The first-order valence-electron chi connectivity index (χ1n) is 4.48. The Kier molecular flexibility index (Phi) is 3.25. The Labute approximate surface area is 106 Å². The number of hydrogen-bond acceptors (Lipinski definition) is 3. The van der Waals surface area contributed by atoms with Crippen LogP contribution in [-0.4, -0.2) is 9.97 Å². The van der Waals surface area contributed by atoms with Gasteiger partial charge in [0.25, 0.3) is 0 Å². The largest absolute Gasteiger partial charge is 0.461 e. The molecule has 0 aliphatic heterocycles. The van der Waals surface area contributed by atoms with Gasteiger partial charge >= 0.3 is 0 Å². The third-order valence-electron chi connectivity index (χ3n) is 1.96. The van der Waals surface area contributed by atoms with Gasteiger partial charge < -0.3 is 4.42 Å². The molecule has 3 nitrogen and oxygen atoms in total. The van der Waals surface area contributed by atoms with Gasteiger partial charge in [-0.1, -0.05) is 18.5 Å². The monoisotopic (exact) mass is 334 g/mol. The van der Waals surface area contributed by atoms with Crippen LogP contribution in [0.2, 0.25) is 5.15 Å². The normalized spacial score (nSPS) is 10.6. The van der Waals surface area contributed by atoms with Crippen molar-refractivity contribution in [3.8, 4) is 11.6 Å². The van der Waals surface area contributed by atoms with Crippen molar-refractivity contribution in [2.75, 3.05) is 0 Å². The molecule has 0 aliphatic carbocycles. The second-order valence-corrected chi connectivity index (χ2v) is 4.37. The molecule has 78 valence electrons. The van der Waals surface area contributed by atoms with Crippen LogP contribution in [-0.2, 0) is 6.42 Å². The molecule has 0 amide bonds. The summed E-state index contributed by atoms with van der Waals surface area (Å²) < 4.78 is 6.14. The molecule has 0 bridgehead atoms. The Hall–Kier alpha value is -0.620. The summed E-state index contributed by atoms with van der Waals surface area (Å²) in [5.41, 5.74) is 0.946. The average Bonchev–Trinajstić information content (AvgIpc) is 2.75. The molecule has 2 heterocycles. The second kappa shape index (κ2) is 4.49. The molecule has 0 saturated heterocycles. The maximum atomic E-state index is 6.01. The van der Waals surface area contributed by atoms with Gasteiger partial charge in [0.2, 0.25) is 0 Å². The van der Waals surface area contributed by atoms with Crippen molar-refractivity contribution in [2.45, 2.75) is 13.3 Å². The number of aromatic nitrogens is 2. The highest BCUT2D eigenvalue weighted by Crippen LogP contribution is 2.24. The predicted molar refractivity (Wildman–Crippen MR) is 66.8 cm³/mol. The van der Waals surface area contributed by atoms with Crippen LogP contribution in [0.4, 0.5) is 0 Å². The van der Waals surface area contributed by atoms with Crippen LogP contribution < -0.4 is 0 Å². The molecule has 0 saturated carbocycles. The Morgan fingerprint density at radius 3 is 2.87 bits per heavy atom. The van der Waals surface area contributed by atoms with Crippen LogP contribution in [0.5, 0.6) is 0 Å². The van der Waals surface area contributed by atoms with Crippen molar-refractivity contribution >= 4 is 34.2 Å². The van der Waals surface area contributed by atoms with E-state index < -0.39 is 0 Å². The minimum atomic E-state index is 0.480. The summed E-state index contributed by atoms with van der Waals surface area (Å²) in [6.07, 6.45) is 2.42. The number of aryl methyl sites for hydroxylation is 1. The SMILES string of the molecule is CCc1nc(-c2ccco2)nc(Cl)c1I. The molecule has 0 unspecified atom stereocenters. The smallest absolute Gasteiger partial charge is 0.197 e. The Balaban J connectivity index is 2.55.